The summed E-state index contributed by atoms with van der Waals surface area (Å²) in [6.07, 6.45) is 0. The van der Waals surface area contributed by atoms with Crippen molar-refractivity contribution < 1.29 is 4.79 Å². The maximum atomic E-state index is 11.5. The number of fused-ring (bicyclic) bond motifs is 1. The third-order valence-corrected chi connectivity index (χ3v) is 3.29. The largest absolute Gasteiger partial charge is 0.294 e. The topological polar surface area (TPSA) is 34.9 Å². The van der Waals surface area contributed by atoms with E-state index in [0.717, 1.165) is 21.1 Å². The van der Waals surface area contributed by atoms with Crippen LogP contribution >= 0.6 is 15.9 Å². The van der Waals surface area contributed by atoms with E-state index in [2.05, 4.69) is 34.9 Å². The maximum absolute atomic E-state index is 11.5. The lowest BCUT2D eigenvalue weighted by atomic mass is 10.1. The molecule has 0 aliphatic heterocycles. The van der Waals surface area contributed by atoms with Gasteiger partial charge < -0.3 is 0 Å². The molecule has 1 heterocycles. The van der Waals surface area contributed by atoms with Gasteiger partial charge in [0.05, 0.1) is 5.52 Å². The van der Waals surface area contributed by atoms with Crippen molar-refractivity contribution in [1.29, 1.82) is 0 Å². The fourth-order valence-electron chi connectivity index (χ4n) is 1.75. The molecule has 2 rings (SSSR count). The van der Waals surface area contributed by atoms with Crippen molar-refractivity contribution in [2.24, 2.45) is 0 Å². The van der Waals surface area contributed by atoms with Crippen LogP contribution in [0, 0.1) is 0 Å². The van der Waals surface area contributed by atoms with E-state index in [1.165, 1.54) is 0 Å². The first kappa shape index (κ1) is 11.3. The average molecular weight is 281 g/mol. The first-order valence-corrected chi connectivity index (χ1v) is 5.99. The van der Waals surface area contributed by atoms with E-state index in [-0.39, 0.29) is 11.8 Å². The summed E-state index contributed by atoms with van der Waals surface area (Å²) in [4.78, 5) is 11.5. The summed E-state index contributed by atoms with van der Waals surface area (Å²) in [5.74, 6) is 0.0645. The van der Waals surface area contributed by atoms with Crippen LogP contribution in [0.15, 0.2) is 22.8 Å². The molecule has 0 saturated carbocycles. The molecule has 0 aliphatic carbocycles. The van der Waals surface area contributed by atoms with Crippen LogP contribution in [0.5, 0.6) is 0 Å². The van der Waals surface area contributed by atoms with Gasteiger partial charge in [-0.15, -0.1) is 0 Å². The highest BCUT2D eigenvalue weighted by molar-refractivity contribution is 9.10. The number of carbonyl (C=O) groups is 1. The zero-order valence-electron chi connectivity index (χ0n) is 9.49. The highest BCUT2D eigenvalue weighted by atomic mass is 79.9. The third kappa shape index (κ3) is 1.67. The second kappa shape index (κ2) is 4.01. The summed E-state index contributed by atoms with van der Waals surface area (Å²) in [5.41, 5.74) is 1.57. The lowest BCUT2D eigenvalue weighted by Crippen LogP contribution is -2.02. The average Bonchev–Trinajstić information content (AvgIpc) is 2.56. The second-order valence-corrected chi connectivity index (χ2v) is 4.84. The quantitative estimate of drug-likeness (QED) is 0.788. The molecule has 16 heavy (non-hydrogen) atoms. The van der Waals surface area contributed by atoms with E-state index in [4.69, 9.17) is 0 Å². The molecule has 0 aliphatic rings. The number of ketones is 1. The van der Waals surface area contributed by atoms with E-state index in [9.17, 15) is 4.79 Å². The van der Waals surface area contributed by atoms with Gasteiger partial charge in [0.25, 0.3) is 0 Å². The second-order valence-electron chi connectivity index (χ2n) is 4.09. The Kier molecular flexibility index (Phi) is 2.84. The van der Waals surface area contributed by atoms with E-state index in [0.29, 0.717) is 0 Å². The number of rotatable bonds is 2. The Morgan fingerprint density at radius 1 is 1.44 bits per heavy atom. The van der Waals surface area contributed by atoms with Crippen LogP contribution in [0.25, 0.3) is 10.9 Å². The van der Waals surface area contributed by atoms with Crippen LogP contribution < -0.4 is 0 Å². The first-order chi connectivity index (χ1) is 7.52. The van der Waals surface area contributed by atoms with Crippen LogP contribution in [0.2, 0.25) is 0 Å². The number of Topliss-reactive ketones (excluding diaryl/α,β-unsaturated/α-hetero) is 1. The van der Waals surface area contributed by atoms with Gasteiger partial charge in [0, 0.05) is 17.0 Å². The molecule has 0 amide bonds. The minimum atomic E-state index is 0.0645. The van der Waals surface area contributed by atoms with Crippen LogP contribution in [0.4, 0.5) is 0 Å². The summed E-state index contributed by atoms with van der Waals surface area (Å²) >= 11 is 3.52. The molecule has 0 saturated heterocycles. The molecule has 3 nitrogen and oxygen atoms in total. The molecule has 1 aromatic heterocycles. The summed E-state index contributed by atoms with van der Waals surface area (Å²) < 4.78 is 2.76. The number of hydrogen-bond acceptors (Lipinski definition) is 2. The Labute approximate surface area is 103 Å². The predicted molar refractivity (Wildman–Crippen MR) is 67.8 cm³/mol. The van der Waals surface area contributed by atoms with Crippen molar-refractivity contribution in [3.05, 3.63) is 28.4 Å². The number of nitrogens with zero attached hydrogens (tertiary/aromatic N) is 2. The molecule has 4 heteroatoms. The Balaban J connectivity index is 2.82. The third-order valence-electron chi connectivity index (χ3n) is 2.53. The van der Waals surface area contributed by atoms with Crippen molar-refractivity contribution >= 4 is 32.6 Å². The molecule has 1 aromatic carbocycles. The lowest BCUT2D eigenvalue weighted by Gasteiger charge is -2.06. The standard InChI is InChI=1S/C12H13BrN2O/c1-7(2)15-12(13)11-9(8(3)16)5-4-6-10(11)14-15/h4-7H,1-3H3. The molecule has 0 spiro atoms. The summed E-state index contributed by atoms with van der Waals surface area (Å²) in [5, 5.41) is 5.38. The van der Waals surface area contributed by atoms with Crippen LogP contribution in [-0.2, 0) is 0 Å². The van der Waals surface area contributed by atoms with Crippen molar-refractivity contribution in [1.82, 2.24) is 9.78 Å². The minimum absolute atomic E-state index is 0.0645. The summed E-state index contributed by atoms with van der Waals surface area (Å²) in [6.45, 7) is 5.70. The lowest BCUT2D eigenvalue weighted by molar-refractivity contribution is 0.101. The van der Waals surface area contributed by atoms with Crippen molar-refractivity contribution in [2.75, 3.05) is 0 Å². The molecule has 0 unspecified atom stereocenters. The fourth-order valence-corrected chi connectivity index (χ4v) is 2.66. The van der Waals surface area contributed by atoms with Gasteiger partial charge in [-0.2, -0.15) is 5.10 Å². The molecule has 0 radical (unpaired) electrons. The SMILES string of the molecule is CC(=O)c1cccc2nn(C(C)C)c(Br)c12. The Morgan fingerprint density at radius 2 is 2.12 bits per heavy atom. The number of halogens is 1. The predicted octanol–water partition coefficient (Wildman–Crippen LogP) is 3.58. The Morgan fingerprint density at radius 3 is 2.69 bits per heavy atom. The first-order valence-electron chi connectivity index (χ1n) is 5.20. The minimum Gasteiger partial charge on any atom is -0.294 e. The van der Waals surface area contributed by atoms with Crippen LogP contribution in [0.3, 0.4) is 0 Å². The van der Waals surface area contributed by atoms with Crippen LogP contribution in [-0.4, -0.2) is 15.6 Å². The van der Waals surface area contributed by atoms with E-state index < -0.39 is 0 Å². The van der Waals surface area contributed by atoms with Gasteiger partial charge in [0.2, 0.25) is 0 Å². The maximum Gasteiger partial charge on any atom is 0.160 e. The zero-order chi connectivity index (χ0) is 11.9. The van der Waals surface area contributed by atoms with E-state index >= 15 is 0 Å². The number of aromatic nitrogens is 2. The van der Waals surface area contributed by atoms with Gasteiger partial charge in [-0.3, -0.25) is 9.48 Å². The monoisotopic (exact) mass is 280 g/mol. The van der Waals surface area contributed by atoms with Crippen molar-refractivity contribution in [3.8, 4) is 0 Å². The molecule has 0 fully saturated rings. The summed E-state index contributed by atoms with van der Waals surface area (Å²) in [6, 6.07) is 5.89. The molecule has 2 aromatic rings. The summed E-state index contributed by atoms with van der Waals surface area (Å²) in [7, 11) is 0. The Bertz CT molecular complexity index is 557. The normalized spacial score (nSPS) is 11.3. The number of benzene rings is 1. The number of hydrogen-bond donors (Lipinski definition) is 0. The van der Waals surface area contributed by atoms with Gasteiger partial charge in [-0.1, -0.05) is 12.1 Å². The van der Waals surface area contributed by atoms with Gasteiger partial charge in [0.15, 0.2) is 5.78 Å². The molecular formula is C12H13BrN2O. The molecule has 0 bridgehead atoms. The van der Waals surface area contributed by atoms with Gasteiger partial charge in [0.1, 0.15) is 4.60 Å². The molecule has 84 valence electrons. The highest BCUT2D eigenvalue weighted by Gasteiger charge is 2.15. The van der Waals surface area contributed by atoms with E-state index in [1.54, 1.807) is 6.92 Å². The van der Waals surface area contributed by atoms with E-state index in [1.807, 2.05) is 22.9 Å². The van der Waals surface area contributed by atoms with Gasteiger partial charge >= 0.3 is 0 Å². The van der Waals surface area contributed by atoms with Crippen LogP contribution in [0.1, 0.15) is 37.2 Å². The zero-order valence-corrected chi connectivity index (χ0v) is 11.1. The highest BCUT2D eigenvalue weighted by Crippen LogP contribution is 2.29. The van der Waals surface area contributed by atoms with Gasteiger partial charge in [-0.25, -0.2) is 0 Å². The van der Waals surface area contributed by atoms with Crippen molar-refractivity contribution in [2.45, 2.75) is 26.8 Å². The molecule has 0 N–H and O–H groups in total. The molecule has 0 atom stereocenters. The van der Waals surface area contributed by atoms with Crippen molar-refractivity contribution in [3.63, 3.8) is 0 Å². The van der Waals surface area contributed by atoms with Gasteiger partial charge in [-0.05, 0) is 42.8 Å². The Hall–Kier alpha value is -1.16. The smallest absolute Gasteiger partial charge is 0.160 e. The fraction of sp³-hybridized carbons (Fsp3) is 0.333. The molecular weight excluding hydrogens is 268 g/mol. The number of carbonyl (C=O) groups excluding carboxylic acids is 1.